The number of carbonyl (C=O) groups excluding carboxylic acids is 1. The van der Waals surface area contributed by atoms with Crippen LogP contribution in [0.1, 0.15) is 41.5 Å². The minimum atomic E-state index is -0.278. The maximum atomic E-state index is 11.5. The van der Waals surface area contributed by atoms with E-state index in [4.69, 9.17) is 4.74 Å². The molecule has 0 bridgehead atoms. The smallest absolute Gasteiger partial charge is 0.410 e. The summed E-state index contributed by atoms with van der Waals surface area (Å²) in [6.07, 6.45) is -0.278. The summed E-state index contributed by atoms with van der Waals surface area (Å²) >= 11 is 0. The van der Waals surface area contributed by atoms with Crippen molar-refractivity contribution in [3.63, 3.8) is 0 Å². The summed E-state index contributed by atoms with van der Waals surface area (Å²) in [5, 5.41) is 0. The van der Waals surface area contributed by atoms with Gasteiger partial charge < -0.3 is 4.74 Å². The van der Waals surface area contributed by atoms with Crippen LogP contribution in [0.4, 0.5) is 4.79 Å². The first-order valence-corrected chi connectivity index (χ1v) is 4.49. The van der Waals surface area contributed by atoms with Crippen LogP contribution in [0.25, 0.3) is 0 Å². The molecule has 13 heavy (non-hydrogen) atoms. The van der Waals surface area contributed by atoms with Crippen LogP contribution in [0, 0.1) is 0 Å². The predicted octanol–water partition coefficient (Wildman–Crippen LogP) is 2.65. The van der Waals surface area contributed by atoms with Gasteiger partial charge in [0.2, 0.25) is 0 Å². The van der Waals surface area contributed by atoms with E-state index in [1.54, 1.807) is 4.90 Å². The molecule has 0 rings (SSSR count). The fourth-order valence-corrected chi connectivity index (χ4v) is 1.65. The van der Waals surface area contributed by atoms with E-state index in [9.17, 15) is 4.79 Å². The maximum absolute atomic E-state index is 11.5. The lowest BCUT2D eigenvalue weighted by Crippen LogP contribution is -2.55. The summed E-state index contributed by atoms with van der Waals surface area (Å²) in [4.78, 5) is 13.2. The van der Waals surface area contributed by atoms with E-state index in [0.717, 1.165) is 0 Å². The van der Waals surface area contributed by atoms with Gasteiger partial charge >= 0.3 is 6.09 Å². The Morgan fingerprint density at radius 2 is 1.31 bits per heavy atom. The third-order valence-corrected chi connectivity index (χ3v) is 1.70. The molecule has 0 aromatic carbocycles. The van der Waals surface area contributed by atoms with Crippen molar-refractivity contribution in [1.29, 1.82) is 0 Å². The largest absolute Gasteiger partial charge is 0.453 e. The Balaban J connectivity index is 4.89. The maximum Gasteiger partial charge on any atom is 0.410 e. The van der Waals surface area contributed by atoms with Crippen LogP contribution in [0.2, 0.25) is 0 Å². The van der Waals surface area contributed by atoms with Gasteiger partial charge in [-0.05, 0) is 41.5 Å². The molecule has 1 amide bonds. The Hall–Kier alpha value is -0.730. The monoisotopic (exact) mass is 187 g/mol. The van der Waals surface area contributed by atoms with Crippen LogP contribution >= 0.6 is 0 Å². The van der Waals surface area contributed by atoms with Crippen LogP contribution in [-0.2, 0) is 4.74 Å². The molecule has 0 aliphatic heterocycles. The molecule has 0 spiro atoms. The molecule has 0 aliphatic rings. The second kappa shape index (κ2) is 3.56. The highest BCUT2D eigenvalue weighted by molar-refractivity contribution is 5.69. The van der Waals surface area contributed by atoms with E-state index in [1.807, 2.05) is 41.5 Å². The SMILES string of the molecule is COC(=O)N(C(C)(C)C)C(C)(C)C. The summed E-state index contributed by atoms with van der Waals surface area (Å²) in [6, 6.07) is 0. The van der Waals surface area contributed by atoms with Gasteiger partial charge in [0.15, 0.2) is 0 Å². The van der Waals surface area contributed by atoms with E-state index < -0.39 is 0 Å². The van der Waals surface area contributed by atoms with Gasteiger partial charge in [-0.25, -0.2) is 4.79 Å². The van der Waals surface area contributed by atoms with Crippen molar-refractivity contribution < 1.29 is 9.53 Å². The number of amides is 1. The number of nitrogens with zero attached hydrogens (tertiary/aromatic N) is 1. The Morgan fingerprint density at radius 1 is 1.00 bits per heavy atom. The highest BCUT2D eigenvalue weighted by Gasteiger charge is 2.36. The minimum Gasteiger partial charge on any atom is -0.453 e. The van der Waals surface area contributed by atoms with E-state index in [2.05, 4.69) is 0 Å². The van der Waals surface area contributed by atoms with Gasteiger partial charge in [0.1, 0.15) is 0 Å². The second-order valence-electron chi connectivity index (χ2n) is 5.15. The van der Waals surface area contributed by atoms with Gasteiger partial charge in [-0.3, -0.25) is 4.90 Å². The van der Waals surface area contributed by atoms with Crippen molar-refractivity contribution in [2.75, 3.05) is 7.11 Å². The van der Waals surface area contributed by atoms with E-state index in [-0.39, 0.29) is 17.2 Å². The fourth-order valence-electron chi connectivity index (χ4n) is 1.65. The average molecular weight is 187 g/mol. The molecular weight excluding hydrogens is 166 g/mol. The zero-order valence-electron chi connectivity index (χ0n) is 9.76. The molecule has 0 aliphatic carbocycles. The number of rotatable bonds is 0. The first kappa shape index (κ1) is 12.3. The fraction of sp³-hybridized carbons (Fsp3) is 0.900. The molecule has 0 atom stereocenters. The lowest BCUT2D eigenvalue weighted by molar-refractivity contribution is 0.0310. The van der Waals surface area contributed by atoms with Crippen molar-refractivity contribution in [3.8, 4) is 0 Å². The molecule has 0 fully saturated rings. The first-order chi connectivity index (χ1) is 5.60. The van der Waals surface area contributed by atoms with E-state index in [0.29, 0.717) is 0 Å². The molecule has 3 heteroatoms. The molecule has 78 valence electrons. The second-order valence-corrected chi connectivity index (χ2v) is 5.15. The summed E-state index contributed by atoms with van der Waals surface area (Å²) in [5.41, 5.74) is -0.434. The van der Waals surface area contributed by atoms with Gasteiger partial charge in [0, 0.05) is 11.1 Å². The quantitative estimate of drug-likeness (QED) is 0.583. The van der Waals surface area contributed by atoms with Crippen molar-refractivity contribution in [3.05, 3.63) is 0 Å². The number of hydrogen-bond donors (Lipinski definition) is 0. The van der Waals surface area contributed by atoms with E-state index in [1.165, 1.54) is 7.11 Å². The minimum absolute atomic E-state index is 0.217. The van der Waals surface area contributed by atoms with Gasteiger partial charge in [-0.1, -0.05) is 0 Å². The molecule has 0 heterocycles. The van der Waals surface area contributed by atoms with Crippen molar-refractivity contribution >= 4 is 6.09 Å². The molecule has 0 aromatic heterocycles. The van der Waals surface area contributed by atoms with Crippen LogP contribution in [0.3, 0.4) is 0 Å². The Kier molecular flexibility index (Phi) is 3.36. The Labute approximate surface area is 81.1 Å². The van der Waals surface area contributed by atoms with Crippen LogP contribution < -0.4 is 0 Å². The third kappa shape index (κ3) is 3.25. The van der Waals surface area contributed by atoms with E-state index >= 15 is 0 Å². The molecule has 0 unspecified atom stereocenters. The Bertz CT molecular complexity index is 172. The first-order valence-electron chi connectivity index (χ1n) is 4.49. The molecular formula is C10H21NO2. The lowest BCUT2D eigenvalue weighted by atomic mass is 9.97. The molecule has 0 saturated carbocycles. The van der Waals surface area contributed by atoms with Gasteiger partial charge in [-0.2, -0.15) is 0 Å². The zero-order valence-corrected chi connectivity index (χ0v) is 9.76. The standard InChI is InChI=1S/C10H21NO2/c1-9(2,3)11(8(12)13-7)10(4,5)6/h1-7H3. The number of ether oxygens (including phenoxy) is 1. The highest BCUT2D eigenvalue weighted by atomic mass is 16.5. The topological polar surface area (TPSA) is 29.5 Å². The number of methoxy groups -OCH3 is 1. The third-order valence-electron chi connectivity index (χ3n) is 1.70. The van der Waals surface area contributed by atoms with Crippen molar-refractivity contribution in [1.82, 2.24) is 4.90 Å². The summed E-state index contributed by atoms with van der Waals surface area (Å²) < 4.78 is 4.75. The molecule has 0 radical (unpaired) electrons. The lowest BCUT2D eigenvalue weighted by Gasteiger charge is -2.44. The van der Waals surface area contributed by atoms with Crippen molar-refractivity contribution in [2.24, 2.45) is 0 Å². The highest BCUT2D eigenvalue weighted by Crippen LogP contribution is 2.25. The summed E-state index contributed by atoms with van der Waals surface area (Å²) in [7, 11) is 1.41. The van der Waals surface area contributed by atoms with Crippen molar-refractivity contribution in [2.45, 2.75) is 52.6 Å². The van der Waals surface area contributed by atoms with Crippen LogP contribution in [-0.4, -0.2) is 29.2 Å². The van der Waals surface area contributed by atoms with Gasteiger partial charge in [0.25, 0.3) is 0 Å². The average Bonchev–Trinajstić information content (AvgIpc) is 1.80. The zero-order chi connectivity index (χ0) is 10.9. The molecule has 0 aromatic rings. The van der Waals surface area contributed by atoms with Crippen LogP contribution in [0.5, 0.6) is 0 Å². The van der Waals surface area contributed by atoms with Crippen LogP contribution in [0.15, 0.2) is 0 Å². The predicted molar refractivity (Wildman–Crippen MR) is 53.8 cm³/mol. The number of carbonyl (C=O) groups is 1. The Morgan fingerprint density at radius 3 is 1.38 bits per heavy atom. The van der Waals surface area contributed by atoms with Gasteiger partial charge in [-0.15, -0.1) is 0 Å². The molecule has 3 nitrogen and oxygen atoms in total. The van der Waals surface area contributed by atoms with Gasteiger partial charge in [0.05, 0.1) is 7.11 Å². The normalized spacial score (nSPS) is 12.5. The summed E-state index contributed by atoms with van der Waals surface area (Å²) in [5.74, 6) is 0. The molecule has 0 saturated heterocycles. The number of hydrogen-bond acceptors (Lipinski definition) is 2. The molecule has 0 N–H and O–H groups in total. The summed E-state index contributed by atoms with van der Waals surface area (Å²) in [6.45, 7) is 12.0.